The summed E-state index contributed by atoms with van der Waals surface area (Å²) in [6.45, 7) is 7.64. The highest BCUT2D eigenvalue weighted by Gasteiger charge is 2.31. The van der Waals surface area contributed by atoms with Gasteiger partial charge in [0, 0.05) is 17.7 Å². The summed E-state index contributed by atoms with van der Waals surface area (Å²) in [6, 6.07) is 11.9. The second kappa shape index (κ2) is 8.44. The molecular weight excluding hydrogens is 445 g/mol. The molecule has 1 amide bonds. The predicted octanol–water partition coefficient (Wildman–Crippen LogP) is 5.33. The molecule has 0 aliphatic carbocycles. The van der Waals surface area contributed by atoms with Crippen LogP contribution in [0.15, 0.2) is 60.9 Å². The second-order valence-electron chi connectivity index (χ2n) is 8.82. The number of amides is 1. The number of carbonyl (C=O) groups excluding carboxylic acids is 1. The molecular formula is C24H23F3N6O. The minimum atomic E-state index is -4.48. The molecule has 4 rings (SSSR count). The third-order valence-electron chi connectivity index (χ3n) is 5.26. The Hall–Kier alpha value is -3.95. The molecule has 1 N–H and O–H groups in total. The second-order valence-corrected chi connectivity index (χ2v) is 8.82. The SMILES string of the molecule is Cc1c(C(=O)Nc2cc(C(C)(C)C)nn2-c2ccccn2)cnn1-c1cccc(C(F)(F)F)c1. The number of halogens is 3. The van der Waals surface area contributed by atoms with Crippen molar-refractivity contribution in [2.45, 2.75) is 39.3 Å². The van der Waals surface area contributed by atoms with Crippen molar-refractivity contribution in [3.05, 3.63) is 83.4 Å². The summed E-state index contributed by atoms with van der Waals surface area (Å²) in [5, 5.41) is 11.6. The van der Waals surface area contributed by atoms with Crippen molar-refractivity contribution in [2.24, 2.45) is 0 Å². The molecule has 0 spiro atoms. The van der Waals surface area contributed by atoms with Crippen LogP contribution in [0.2, 0.25) is 0 Å². The molecule has 0 atom stereocenters. The minimum absolute atomic E-state index is 0.208. The van der Waals surface area contributed by atoms with E-state index in [1.807, 2.05) is 26.8 Å². The Morgan fingerprint density at radius 1 is 1.00 bits per heavy atom. The zero-order valence-corrected chi connectivity index (χ0v) is 19.1. The van der Waals surface area contributed by atoms with Gasteiger partial charge in [-0.2, -0.15) is 28.1 Å². The number of pyridine rings is 1. The van der Waals surface area contributed by atoms with Gasteiger partial charge in [0.2, 0.25) is 0 Å². The van der Waals surface area contributed by atoms with Gasteiger partial charge in [-0.15, -0.1) is 0 Å². The van der Waals surface area contributed by atoms with Crippen molar-refractivity contribution in [2.75, 3.05) is 5.32 Å². The lowest BCUT2D eigenvalue weighted by atomic mass is 9.92. The van der Waals surface area contributed by atoms with Crippen LogP contribution in [0, 0.1) is 6.92 Å². The van der Waals surface area contributed by atoms with Crippen LogP contribution < -0.4 is 5.32 Å². The largest absolute Gasteiger partial charge is 0.416 e. The van der Waals surface area contributed by atoms with E-state index in [0.29, 0.717) is 17.3 Å². The highest BCUT2D eigenvalue weighted by molar-refractivity contribution is 6.04. The van der Waals surface area contributed by atoms with Gasteiger partial charge in [0.25, 0.3) is 5.91 Å². The van der Waals surface area contributed by atoms with Crippen molar-refractivity contribution in [1.82, 2.24) is 24.5 Å². The molecule has 7 nitrogen and oxygen atoms in total. The quantitative estimate of drug-likeness (QED) is 0.439. The van der Waals surface area contributed by atoms with Gasteiger partial charge in [-0.25, -0.2) is 9.67 Å². The first-order chi connectivity index (χ1) is 15.9. The van der Waals surface area contributed by atoms with Gasteiger partial charge in [0.1, 0.15) is 5.82 Å². The average Bonchev–Trinajstić information content (AvgIpc) is 3.37. The van der Waals surface area contributed by atoms with Crippen LogP contribution in [0.3, 0.4) is 0 Å². The average molecular weight is 468 g/mol. The number of hydrogen-bond donors (Lipinski definition) is 1. The molecule has 0 aliphatic rings. The Morgan fingerprint density at radius 2 is 1.76 bits per heavy atom. The first-order valence-electron chi connectivity index (χ1n) is 10.5. The highest BCUT2D eigenvalue weighted by Crippen LogP contribution is 2.31. The van der Waals surface area contributed by atoms with Crippen LogP contribution in [-0.2, 0) is 11.6 Å². The maximum Gasteiger partial charge on any atom is 0.416 e. The Morgan fingerprint density at radius 3 is 2.41 bits per heavy atom. The Labute approximate surface area is 194 Å². The van der Waals surface area contributed by atoms with E-state index in [9.17, 15) is 18.0 Å². The first kappa shape index (κ1) is 23.2. The van der Waals surface area contributed by atoms with Crippen LogP contribution in [0.25, 0.3) is 11.5 Å². The number of alkyl halides is 3. The predicted molar refractivity (Wildman–Crippen MR) is 121 cm³/mol. The van der Waals surface area contributed by atoms with Crippen LogP contribution in [0.1, 0.15) is 48.1 Å². The van der Waals surface area contributed by atoms with Gasteiger partial charge in [0.15, 0.2) is 5.82 Å². The monoisotopic (exact) mass is 468 g/mol. The fourth-order valence-corrected chi connectivity index (χ4v) is 3.38. The van der Waals surface area contributed by atoms with Crippen LogP contribution in [0.4, 0.5) is 19.0 Å². The Balaban J connectivity index is 1.68. The zero-order chi connectivity index (χ0) is 24.7. The lowest BCUT2D eigenvalue weighted by molar-refractivity contribution is -0.137. The van der Waals surface area contributed by atoms with Crippen molar-refractivity contribution < 1.29 is 18.0 Å². The van der Waals surface area contributed by atoms with E-state index in [1.54, 1.807) is 36.0 Å². The molecule has 0 saturated carbocycles. The molecule has 0 radical (unpaired) electrons. The molecule has 0 unspecified atom stereocenters. The number of aromatic nitrogens is 5. The van der Waals surface area contributed by atoms with E-state index >= 15 is 0 Å². The van der Waals surface area contributed by atoms with Crippen LogP contribution >= 0.6 is 0 Å². The molecule has 1 aromatic carbocycles. The molecule has 3 aromatic heterocycles. The van der Waals surface area contributed by atoms with E-state index in [0.717, 1.165) is 17.8 Å². The molecule has 3 heterocycles. The van der Waals surface area contributed by atoms with E-state index in [1.165, 1.54) is 23.0 Å². The van der Waals surface area contributed by atoms with E-state index in [-0.39, 0.29) is 16.7 Å². The van der Waals surface area contributed by atoms with Gasteiger partial charge in [-0.05, 0) is 37.3 Å². The van der Waals surface area contributed by atoms with E-state index in [4.69, 9.17) is 0 Å². The number of benzene rings is 1. The standard InChI is InChI=1S/C24H23F3N6O/c1-15-18(14-29-32(15)17-9-7-8-16(12-17)24(25,26)27)22(34)30-21-13-19(23(2,3)4)31-33(21)20-10-5-6-11-28-20/h5-14H,1-4H3,(H,30,34). The van der Waals surface area contributed by atoms with Gasteiger partial charge in [-0.3, -0.25) is 4.79 Å². The number of carbonyl (C=O) groups is 1. The fraction of sp³-hybridized carbons (Fsp3) is 0.250. The summed E-state index contributed by atoms with van der Waals surface area (Å²) in [5.41, 5.74) is 0.522. The summed E-state index contributed by atoms with van der Waals surface area (Å²) in [5.74, 6) is 0.484. The van der Waals surface area contributed by atoms with Crippen molar-refractivity contribution in [3.8, 4) is 11.5 Å². The fourth-order valence-electron chi connectivity index (χ4n) is 3.38. The lowest BCUT2D eigenvalue weighted by Crippen LogP contribution is -2.16. The van der Waals surface area contributed by atoms with Crippen molar-refractivity contribution in [1.29, 1.82) is 0 Å². The molecule has 34 heavy (non-hydrogen) atoms. The van der Waals surface area contributed by atoms with E-state index in [2.05, 4.69) is 20.5 Å². The third kappa shape index (κ3) is 4.57. The van der Waals surface area contributed by atoms with Crippen LogP contribution in [0.5, 0.6) is 0 Å². The third-order valence-corrected chi connectivity index (χ3v) is 5.26. The number of nitrogens with zero attached hydrogens (tertiary/aromatic N) is 5. The topological polar surface area (TPSA) is 77.6 Å². The summed E-state index contributed by atoms with van der Waals surface area (Å²) in [7, 11) is 0. The number of hydrogen-bond acceptors (Lipinski definition) is 4. The van der Waals surface area contributed by atoms with Gasteiger partial charge >= 0.3 is 6.18 Å². The summed E-state index contributed by atoms with van der Waals surface area (Å²) in [6.07, 6.45) is -1.52. The number of nitrogens with one attached hydrogen (secondary N) is 1. The van der Waals surface area contributed by atoms with E-state index < -0.39 is 17.6 Å². The lowest BCUT2D eigenvalue weighted by Gasteiger charge is -2.13. The molecule has 4 aromatic rings. The smallest absolute Gasteiger partial charge is 0.306 e. The van der Waals surface area contributed by atoms with Crippen molar-refractivity contribution in [3.63, 3.8) is 0 Å². The molecule has 0 saturated heterocycles. The number of rotatable bonds is 4. The molecule has 0 aliphatic heterocycles. The summed E-state index contributed by atoms with van der Waals surface area (Å²) in [4.78, 5) is 17.5. The van der Waals surface area contributed by atoms with Crippen molar-refractivity contribution >= 4 is 11.7 Å². The van der Waals surface area contributed by atoms with Crippen LogP contribution in [-0.4, -0.2) is 30.5 Å². The molecule has 0 fully saturated rings. The maximum absolute atomic E-state index is 13.1. The summed E-state index contributed by atoms with van der Waals surface area (Å²) >= 11 is 0. The number of anilines is 1. The Kier molecular flexibility index (Phi) is 5.76. The normalized spacial score (nSPS) is 12.1. The van der Waals surface area contributed by atoms with Gasteiger partial charge in [-0.1, -0.05) is 32.9 Å². The first-order valence-corrected chi connectivity index (χ1v) is 10.5. The summed E-state index contributed by atoms with van der Waals surface area (Å²) < 4.78 is 42.2. The zero-order valence-electron chi connectivity index (χ0n) is 19.1. The minimum Gasteiger partial charge on any atom is -0.306 e. The Bertz CT molecular complexity index is 1330. The van der Waals surface area contributed by atoms with Gasteiger partial charge < -0.3 is 5.32 Å². The van der Waals surface area contributed by atoms with Gasteiger partial charge in [0.05, 0.1) is 34.4 Å². The highest BCUT2D eigenvalue weighted by atomic mass is 19.4. The molecule has 10 heteroatoms. The molecule has 176 valence electrons. The maximum atomic E-state index is 13.1. The molecule has 0 bridgehead atoms.